The van der Waals surface area contributed by atoms with Crippen LogP contribution in [0.5, 0.6) is 0 Å². The summed E-state index contributed by atoms with van der Waals surface area (Å²) < 4.78 is 11.0. The van der Waals surface area contributed by atoms with E-state index in [1.807, 2.05) is 6.92 Å². The monoisotopic (exact) mass is 296 g/mol. The Hall–Kier alpha value is -0.900. The van der Waals surface area contributed by atoms with Crippen LogP contribution in [0.3, 0.4) is 0 Å². The third-order valence-electron chi connectivity index (χ3n) is 5.16. The SMILES string of the molecule is CC(CC1C(=O)OC(=O)C1C)OC(C)(C)C1CCCCC1. The summed E-state index contributed by atoms with van der Waals surface area (Å²) in [4.78, 5) is 23.1. The maximum Gasteiger partial charge on any atom is 0.317 e. The average molecular weight is 296 g/mol. The number of ether oxygens (including phenoxy) is 2. The summed E-state index contributed by atoms with van der Waals surface area (Å²) >= 11 is 0. The van der Waals surface area contributed by atoms with Crippen LogP contribution in [0.2, 0.25) is 0 Å². The summed E-state index contributed by atoms with van der Waals surface area (Å²) in [7, 11) is 0. The van der Waals surface area contributed by atoms with Gasteiger partial charge in [0.15, 0.2) is 0 Å². The maximum atomic E-state index is 11.7. The van der Waals surface area contributed by atoms with Crippen LogP contribution in [0.25, 0.3) is 0 Å². The van der Waals surface area contributed by atoms with Gasteiger partial charge in [0.1, 0.15) is 0 Å². The van der Waals surface area contributed by atoms with Gasteiger partial charge in [-0.25, -0.2) is 0 Å². The first-order valence-electron chi connectivity index (χ1n) is 8.24. The van der Waals surface area contributed by atoms with Gasteiger partial charge in [-0.05, 0) is 46.0 Å². The molecule has 1 aliphatic carbocycles. The number of cyclic esters (lactones) is 2. The minimum Gasteiger partial charge on any atom is -0.393 e. The predicted molar refractivity (Wildman–Crippen MR) is 79.6 cm³/mol. The molecule has 1 saturated heterocycles. The molecule has 21 heavy (non-hydrogen) atoms. The Labute approximate surface area is 127 Å². The number of carbonyl (C=O) groups excluding carboxylic acids is 2. The molecule has 0 aromatic heterocycles. The van der Waals surface area contributed by atoms with Crippen LogP contribution in [0, 0.1) is 17.8 Å². The van der Waals surface area contributed by atoms with Crippen LogP contribution in [0.15, 0.2) is 0 Å². The first-order valence-corrected chi connectivity index (χ1v) is 8.24. The van der Waals surface area contributed by atoms with Crippen molar-refractivity contribution < 1.29 is 19.1 Å². The van der Waals surface area contributed by atoms with Crippen LogP contribution < -0.4 is 0 Å². The number of rotatable bonds is 5. The summed E-state index contributed by atoms with van der Waals surface area (Å²) in [5.74, 6) is -0.901. The van der Waals surface area contributed by atoms with Crippen molar-refractivity contribution >= 4 is 11.9 Å². The Kier molecular flexibility index (Phi) is 5.07. The summed E-state index contributed by atoms with van der Waals surface area (Å²) in [6.45, 7) is 8.06. The normalized spacial score (nSPS) is 29.5. The molecule has 0 N–H and O–H groups in total. The van der Waals surface area contributed by atoms with Crippen molar-refractivity contribution in [3.05, 3.63) is 0 Å². The van der Waals surface area contributed by atoms with Crippen molar-refractivity contribution in [1.82, 2.24) is 0 Å². The molecule has 2 fully saturated rings. The second-order valence-electron chi connectivity index (χ2n) is 7.24. The fourth-order valence-corrected chi connectivity index (χ4v) is 3.75. The minimum atomic E-state index is -0.399. The smallest absolute Gasteiger partial charge is 0.317 e. The largest absolute Gasteiger partial charge is 0.393 e. The number of hydrogen-bond donors (Lipinski definition) is 0. The molecule has 0 radical (unpaired) electrons. The predicted octanol–water partition coefficient (Wildman–Crippen LogP) is 3.48. The highest BCUT2D eigenvalue weighted by atomic mass is 16.6. The molecule has 0 bridgehead atoms. The van der Waals surface area contributed by atoms with Crippen LogP contribution in [-0.4, -0.2) is 23.6 Å². The van der Waals surface area contributed by atoms with Crippen molar-refractivity contribution in [2.45, 2.75) is 77.9 Å². The fourth-order valence-electron chi connectivity index (χ4n) is 3.75. The summed E-state index contributed by atoms with van der Waals surface area (Å²) in [6.07, 6.45) is 6.85. The van der Waals surface area contributed by atoms with Crippen molar-refractivity contribution in [3.8, 4) is 0 Å². The molecule has 0 aromatic rings. The van der Waals surface area contributed by atoms with Crippen LogP contribution >= 0.6 is 0 Å². The topological polar surface area (TPSA) is 52.6 Å². The van der Waals surface area contributed by atoms with E-state index in [2.05, 4.69) is 13.8 Å². The maximum absolute atomic E-state index is 11.7. The van der Waals surface area contributed by atoms with E-state index in [-0.39, 0.29) is 23.5 Å². The van der Waals surface area contributed by atoms with Gasteiger partial charge in [0.05, 0.1) is 23.5 Å². The molecule has 4 nitrogen and oxygen atoms in total. The molecular formula is C17H28O4. The Balaban J connectivity index is 1.90. The third-order valence-corrected chi connectivity index (χ3v) is 5.16. The molecule has 4 heteroatoms. The van der Waals surface area contributed by atoms with Crippen LogP contribution in [0.4, 0.5) is 0 Å². The average Bonchev–Trinajstić information content (AvgIpc) is 2.66. The first-order chi connectivity index (χ1) is 9.81. The van der Waals surface area contributed by atoms with Gasteiger partial charge in [-0.2, -0.15) is 0 Å². The Morgan fingerprint density at radius 1 is 1.19 bits per heavy atom. The van der Waals surface area contributed by atoms with Crippen molar-refractivity contribution in [3.63, 3.8) is 0 Å². The Bertz CT molecular complexity index is 396. The van der Waals surface area contributed by atoms with Crippen LogP contribution in [-0.2, 0) is 19.1 Å². The molecule has 2 rings (SSSR count). The van der Waals surface area contributed by atoms with Crippen molar-refractivity contribution in [2.24, 2.45) is 17.8 Å². The zero-order chi connectivity index (χ0) is 15.6. The lowest BCUT2D eigenvalue weighted by atomic mass is 9.78. The molecule has 0 amide bonds. The Morgan fingerprint density at radius 2 is 1.81 bits per heavy atom. The number of esters is 2. The van der Waals surface area contributed by atoms with E-state index in [0.717, 1.165) is 0 Å². The third kappa shape index (κ3) is 3.85. The van der Waals surface area contributed by atoms with Gasteiger partial charge < -0.3 is 9.47 Å². The lowest BCUT2D eigenvalue weighted by molar-refractivity contribution is -0.154. The highest BCUT2D eigenvalue weighted by Crippen LogP contribution is 2.37. The molecule has 1 heterocycles. The lowest BCUT2D eigenvalue weighted by Gasteiger charge is -2.39. The van der Waals surface area contributed by atoms with E-state index >= 15 is 0 Å². The lowest BCUT2D eigenvalue weighted by Crippen LogP contribution is -2.39. The molecular weight excluding hydrogens is 268 g/mol. The van der Waals surface area contributed by atoms with Gasteiger partial charge in [0.25, 0.3) is 0 Å². The van der Waals surface area contributed by atoms with Gasteiger partial charge in [-0.3, -0.25) is 9.59 Å². The van der Waals surface area contributed by atoms with Gasteiger partial charge in [-0.15, -0.1) is 0 Å². The zero-order valence-electron chi connectivity index (χ0n) is 13.7. The van der Waals surface area contributed by atoms with Crippen molar-refractivity contribution in [1.29, 1.82) is 0 Å². The molecule has 1 saturated carbocycles. The van der Waals surface area contributed by atoms with E-state index in [1.54, 1.807) is 6.92 Å². The van der Waals surface area contributed by atoms with E-state index < -0.39 is 11.9 Å². The second kappa shape index (κ2) is 6.47. The molecule has 0 aromatic carbocycles. The van der Waals surface area contributed by atoms with E-state index in [1.165, 1.54) is 32.1 Å². The summed E-state index contributed by atoms with van der Waals surface area (Å²) in [5, 5.41) is 0. The Morgan fingerprint density at radius 3 is 2.33 bits per heavy atom. The summed E-state index contributed by atoms with van der Waals surface area (Å²) in [6, 6.07) is 0. The van der Waals surface area contributed by atoms with Crippen LogP contribution in [0.1, 0.15) is 66.2 Å². The molecule has 120 valence electrons. The van der Waals surface area contributed by atoms with Crippen molar-refractivity contribution in [2.75, 3.05) is 0 Å². The van der Waals surface area contributed by atoms with E-state index in [0.29, 0.717) is 12.3 Å². The van der Waals surface area contributed by atoms with Gasteiger partial charge in [0, 0.05) is 0 Å². The van der Waals surface area contributed by atoms with Gasteiger partial charge >= 0.3 is 11.9 Å². The van der Waals surface area contributed by atoms with Gasteiger partial charge in [0.2, 0.25) is 0 Å². The first kappa shape index (κ1) is 16.5. The standard InChI is InChI=1S/C17H28O4/c1-11(10-14-12(2)15(18)20-16(14)19)21-17(3,4)13-8-6-5-7-9-13/h11-14H,5-10H2,1-4H3. The van der Waals surface area contributed by atoms with E-state index in [4.69, 9.17) is 9.47 Å². The number of hydrogen-bond acceptors (Lipinski definition) is 4. The molecule has 3 atom stereocenters. The molecule has 2 aliphatic rings. The quantitative estimate of drug-likeness (QED) is 0.576. The molecule has 3 unspecified atom stereocenters. The highest BCUT2D eigenvalue weighted by Gasteiger charge is 2.43. The summed E-state index contributed by atoms with van der Waals surface area (Å²) in [5.41, 5.74) is -0.171. The van der Waals surface area contributed by atoms with Gasteiger partial charge in [-0.1, -0.05) is 26.2 Å². The number of carbonyl (C=O) groups is 2. The molecule has 1 aliphatic heterocycles. The minimum absolute atomic E-state index is 0.0483. The molecule has 0 spiro atoms. The highest BCUT2D eigenvalue weighted by molar-refractivity contribution is 5.96. The zero-order valence-corrected chi connectivity index (χ0v) is 13.7. The fraction of sp³-hybridized carbons (Fsp3) is 0.882. The second-order valence-corrected chi connectivity index (χ2v) is 7.24. The van der Waals surface area contributed by atoms with E-state index in [9.17, 15) is 9.59 Å².